The topological polar surface area (TPSA) is 98.0 Å². The van der Waals surface area contributed by atoms with E-state index in [-0.39, 0.29) is 41.0 Å². The molecule has 3 fully saturated rings. The van der Waals surface area contributed by atoms with E-state index >= 15 is 0 Å². The average molecular weight is 449 g/mol. The number of carbonyl (C=O) groups is 1. The summed E-state index contributed by atoms with van der Waals surface area (Å²) in [6, 6.07) is 0. The van der Waals surface area contributed by atoms with E-state index < -0.39 is 23.2 Å². The minimum Gasteiger partial charge on any atom is -0.393 e. The summed E-state index contributed by atoms with van der Waals surface area (Å²) in [5, 5.41) is 43.8. The van der Waals surface area contributed by atoms with Crippen molar-refractivity contribution in [1.29, 1.82) is 0 Å². The smallest absolute Gasteiger partial charge is 0.159 e. The molecule has 4 rings (SSSR count). The van der Waals surface area contributed by atoms with E-state index in [0.717, 1.165) is 37.7 Å². The lowest BCUT2D eigenvalue weighted by Crippen LogP contribution is -2.61. The zero-order chi connectivity index (χ0) is 23.6. The summed E-state index contributed by atoms with van der Waals surface area (Å²) in [5.74, 6) is 0.604. The van der Waals surface area contributed by atoms with Crippen molar-refractivity contribution < 1.29 is 25.2 Å². The monoisotopic (exact) mass is 448 g/mol. The number of aliphatic hydroxyl groups excluding tert-OH is 3. The summed E-state index contributed by atoms with van der Waals surface area (Å²) in [4.78, 5) is 13.2. The van der Waals surface area contributed by atoms with Gasteiger partial charge in [-0.15, -0.1) is 0 Å². The second-order valence-corrected chi connectivity index (χ2v) is 12.5. The Bertz CT molecular complexity index is 776. The molecule has 0 saturated heterocycles. The van der Waals surface area contributed by atoms with Gasteiger partial charge in [-0.1, -0.05) is 34.6 Å². The molecule has 0 bridgehead atoms. The fraction of sp³-hybridized carbons (Fsp3) is 0.889. The summed E-state index contributed by atoms with van der Waals surface area (Å²) in [6.07, 6.45) is 5.34. The van der Waals surface area contributed by atoms with Crippen LogP contribution in [0.3, 0.4) is 0 Å². The van der Waals surface area contributed by atoms with E-state index in [1.165, 1.54) is 0 Å². The van der Waals surface area contributed by atoms with Gasteiger partial charge in [-0.3, -0.25) is 4.79 Å². The Morgan fingerprint density at radius 3 is 2.38 bits per heavy atom. The lowest BCUT2D eigenvalue weighted by atomic mass is 9.46. The van der Waals surface area contributed by atoms with Gasteiger partial charge < -0.3 is 20.4 Å². The predicted molar refractivity (Wildman–Crippen MR) is 124 cm³/mol. The molecule has 0 aromatic rings. The van der Waals surface area contributed by atoms with Crippen LogP contribution in [-0.2, 0) is 4.79 Å². The van der Waals surface area contributed by atoms with Gasteiger partial charge in [0, 0.05) is 11.3 Å². The van der Waals surface area contributed by atoms with Crippen molar-refractivity contribution in [3.63, 3.8) is 0 Å². The number of hydrogen-bond acceptors (Lipinski definition) is 5. The third-order valence-corrected chi connectivity index (χ3v) is 10.5. The summed E-state index contributed by atoms with van der Waals surface area (Å²) < 4.78 is 0. The molecule has 2 unspecified atom stereocenters. The van der Waals surface area contributed by atoms with Crippen LogP contribution >= 0.6 is 0 Å². The van der Waals surface area contributed by atoms with E-state index in [1.54, 1.807) is 6.08 Å². The molecule has 0 amide bonds. The molecule has 4 aliphatic rings. The normalized spacial score (nSPS) is 48.0. The second-order valence-electron chi connectivity index (χ2n) is 12.5. The molecular weight excluding hydrogens is 404 g/mol. The van der Waals surface area contributed by atoms with E-state index in [0.29, 0.717) is 25.2 Å². The molecular formula is C27H44O5. The van der Waals surface area contributed by atoms with Gasteiger partial charge in [0.05, 0.1) is 23.9 Å². The molecule has 0 aromatic carbocycles. The molecule has 4 N–H and O–H groups in total. The zero-order valence-electron chi connectivity index (χ0n) is 20.6. The van der Waals surface area contributed by atoms with Gasteiger partial charge in [-0.05, 0) is 92.1 Å². The standard InChI is InChI=1S/C27H44O5/c1-15(2)6-7-21(28)16(3)17-9-11-27(32)19-12-22(29)20-13-23(30)24(31)14-25(20,4)18(19)8-10-26(17,27)5/h12,15-18,20-21,23-24,28,30-32H,6-11,13-14H2,1-5H3/t16?,17-,18+,20+,21?,23-,24+,25-,26-,27-/m1/s1. The molecule has 0 heterocycles. The Kier molecular flexibility index (Phi) is 6.23. The first kappa shape index (κ1) is 24.4. The largest absolute Gasteiger partial charge is 0.393 e. The second kappa shape index (κ2) is 8.18. The number of ketones is 1. The van der Waals surface area contributed by atoms with E-state index in [4.69, 9.17) is 0 Å². The lowest BCUT2D eigenvalue weighted by Gasteiger charge is -2.60. The maximum atomic E-state index is 13.2. The van der Waals surface area contributed by atoms with Crippen LogP contribution in [0.4, 0.5) is 0 Å². The van der Waals surface area contributed by atoms with Crippen LogP contribution in [0.1, 0.15) is 86.0 Å². The third-order valence-electron chi connectivity index (χ3n) is 10.5. The van der Waals surface area contributed by atoms with E-state index in [1.807, 2.05) is 0 Å². The van der Waals surface area contributed by atoms with Gasteiger partial charge in [-0.2, -0.15) is 0 Å². The van der Waals surface area contributed by atoms with E-state index in [9.17, 15) is 25.2 Å². The third kappa shape index (κ3) is 3.45. The maximum absolute atomic E-state index is 13.2. The van der Waals surface area contributed by atoms with Crippen LogP contribution in [-0.4, -0.2) is 50.1 Å². The molecule has 5 nitrogen and oxygen atoms in total. The minimum atomic E-state index is -1.04. The van der Waals surface area contributed by atoms with Crippen molar-refractivity contribution in [2.75, 3.05) is 0 Å². The van der Waals surface area contributed by atoms with Crippen molar-refractivity contribution in [2.45, 2.75) is 110 Å². The van der Waals surface area contributed by atoms with Gasteiger partial charge in [0.1, 0.15) is 0 Å². The van der Waals surface area contributed by atoms with Crippen molar-refractivity contribution in [3.8, 4) is 0 Å². The van der Waals surface area contributed by atoms with Gasteiger partial charge in [-0.25, -0.2) is 0 Å². The van der Waals surface area contributed by atoms with Gasteiger partial charge in [0.15, 0.2) is 5.78 Å². The van der Waals surface area contributed by atoms with Crippen molar-refractivity contribution in [1.82, 2.24) is 0 Å². The number of rotatable bonds is 5. The van der Waals surface area contributed by atoms with Crippen LogP contribution in [0.15, 0.2) is 11.6 Å². The van der Waals surface area contributed by atoms with Crippen LogP contribution < -0.4 is 0 Å². The lowest BCUT2D eigenvalue weighted by molar-refractivity contribution is -0.154. The molecule has 3 saturated carbocycles. The summed E-state index contributed by atoms with van der Waals surface area (Å²) >= 11 is 0. The van der Waals surface area contributed by atoms with Gasteiger partial charge in [0.2, 0.25) is 0 Å². The van der Waals surface area contributed by atoms with Crippen LogP contribution in [0.2, 0.25) is 0 Å². The highest BCUT2D eigenvalue weighted by Gasteiger charge is 2.67. The Hall–Kier alpha value is -0.750. The quantitative estimate of drug-likeness (QED) is 0.515. The predicted octanol–water partition coefficient (Wildman–Crippen LogP) is 3.62. The van der Waals surface area contributed by atoms with Crippen LogP contribution in [0, 0.1) is 40.4 Å². The summed E-state index contributed by atoms with van der Waals surface area (Å²) in [7, 11) is 0. The molecule has 0 spiro atoms. The fourth-order valence-electron chi connectivity index (χ4n) is 8.29. The Labute approximate surface area is 193 Å². The number of fused-ring (bicyclic) bond motifs is 5. The van der Waals surface area contributed by atoms with E-state index in [2.05, 4.69) is 34.6 Å². The SMILES string of the molecule is CC(C)CCC(O)C(C)[C@H]1CC[C@@]2(O)C3=CC(=O)[C@@H]4C[C@@H](O)[C@@H](O)C[C@]4(C)[C@H]3CC[C@]12C. The van der Waals surface area contributed by atoms with Gasteiger partial charge in [0.25, 0.3) is 0 Å². The molecule has 0 radical (unpaired) electrons. The first-order valence-corrected chi connectivity index (χ1v) is 12.9. The Morgan fingerprint density at radius 2 is 1.72 bits per heavy atom. The molecule has 5 heteroatoms. The molecule has 10 atom stereocenters. The summed E-state index contributed by atoms with van der Waals surface area (Å²) in [6.45, 7) is 10.7. The van der Waals surface area contributed by atoms with Crippen LogP contribution in [0.25, 0.3) is 0 Å². The number of allylic oxidation sites excluding steroid dienone is 1. The minimum absolute atomic E-state index is 0.00385. The first-order chi connectivity index (χ1) is 14.8. The Balaban J connectivity index is 1.64. The highest BCUT2D eigenvalue weighted by Crippen LogP contribution is 2.68. The number of hydrogen-bond donors (Lipinski definition) is 4. The number of aliphatic hydroxyl groups is 4. The Morgan fingerprint density at radius 1 is 1.03 bits per heavy atom. The summed E-state index contributed by atoms with van der Waals surface area (Å²) in [5.41, 5.74) is -0.983. The highest BCUT2D eigenvalue weighted by molar-refractivity contribution is 5.95. The average Bonchev–Trinajstić information content (AvgIpc) is 2.99. The maximum Gasteiger partial charge on any atom is 0.159 e. The number of carbonyl (C=O) groups excluding carboxylic acids is 1. The van der Waals surface area contributed by atoms with Crippen molar-refractivity contribution >= 4 is 5.78 Å². The molecule has 32 heavy (non-hydrogen) atoms. The zero-order valence-corrected chi connectivity index (χ0v) is 20.6. The molecule has 4 aliphatic carbocycles. The van der Waals surface area contributed by atoms with Crippen molar-refractivity contribution in [3.05, 3.63) is 11.6 Å². The first-order valence-electron chi connectivity index (χ1n) is 12.9. The highest BCUT2D eigenvalue weighted by atomic mass is 16.3. The van der Waals surface area contributed by atoms with Gasteiger partial charge >= 0.3 is 0 Å². The van der Waals surface area contributed by atoms with Crippen LogP contribution in [0.5, 0.6) is 0 Å². The van der Waals surface area contributed by atoms with Crippen molar-refractivity contribution in [2.24, 2.45) is 40.4 Å². The molecule has 182 valence electrons. The molecule has 0 aliphatic heterocycles. The fourth-order valence-corrected chi connectivity index (χ4v) is 8.29. The molecule has 0 aromatic heterocycles.